The molecule has 70 heavy (non-hydrogen) atoms. The van der Waals surface area contributed by atoms with Crippen molar-refractivity contribution < 1.29 is 8.83 Å². The molecule has 3 heterocycles. The quantitative estimate of drug-likeness (QED) is 0.130. The average molecular weight is 892 g/mol. The summed E-state index contributed by atoms with van der Waals surface area (Å²) in [5, 5.41) is 19.9. The van der Waals surface area contributed by atoms with Crippen molar-refractivity contribution in [2.24, 2.45) is 0 Å². The molecule has 0 radical (unpaired) electrons. The van der Waals surface area contributed by atoms with E-state index in [4.69, 9.17) is 15.4 Å². The Labute approximate surface area is 401 Å². The van der Waals surface area contributed by atoms with Crippen molar-refractivity contribution in [3.05, 3.63) is 234 Å². The predicted octanol–water partition coefficient (Wildman–Crippen LogP) is 17.1. The van der Waals surface area contributed by atoms with E-state index in [1.807, 2.05) is 6.07 Å². The molecule has 0 aliphatic rings. The van der Waals surface area contributed by atoms with Crippen LogP contribution in [0.15, 0.2) is 221 Å². The van der Waals surface area contributed by atoms with Crippen LogP contribution in [0.1, 0.15) is 11.3 Å². The zero-order chi connectivity index (χ0) is 46.2. The van der Waals surface area contributed by atoms with Gasteiger partial charge >= 0.3 is 0 Å². The van der Waals surface area contributed by atoms with Crippen LogP contribution >= 0.6 is 0 Å². The van der Waals surface area contributed by atoms with Gasteiger partial charge in [-0.1, -0.05) is 152 Å². The van der Waals surface area contributed by atoms with Crippen LogP contribution in [0.2, 0.25) is 0 Å². The summed E-state index contributed by atoms with van der Waals surface area (Å²) in [6.45, 7) is 6.79. The number of fused-ring (bicyclic) bond motifs is 14. The molecule has 0 bridgehead atoms. The highest BCUT2D eigenvalue weighted by atomic mass is 16.3. The Bertz CT molecular complexity index is 4800. The van der Waals surface area contributed by atoms with Crippen molar-refractivity contribution in [2.45, 2.75) is 6.92 Å². The Kier molecular flexibility index (Phi) is 8.14. The van der Waals surface area contributed by atoms with Gasteiger partial charge in [0.05, 0.1) is 16.4 Å². The van der Waals surface area contributed by atoms with Gasteiger partial charge in [0.15, 0.2) is 0 Å². The van der Waals surface area contributed by atoms with E-state index in [1.165, 1.54) is 75.9 Å². The van der Waals surface area contributed by atoms with Gasteiger partial charge in [-0.2, -0.15) is 0 Å². The first-order valence-electron chi connectivity index (χ1n) is 24.0. The fraction of sp³-hybridized carbons (Fsp3) is 0.0149. The maximum absolute atomic E-state index is 6.76. The molecular weight excluding hydrogens is 851 g/mol. The molecule has 15 rings (SSSR count). The molecule has 0 saturated heterocycles. The second kappa shape index (κ2) is 14.7. The summed E-state index contributed by atoms with van der Waals surface area (Å²) in [6, 6.07) is 77.0. The minimum absolute atomic E-state index is 0.861. The highest BCUT2D eigenvalue weighted by molar-refractivity contribution is 6.26. The molecule has 3 heteroatoms. The predicted molar refractivity (Wildman–Crippen MR) is 296 cm³/mol. The largest absolute Gasteiger partial charge is 0.461 e. The molecule has 12 aromatic carbocycles. The first-order valence-corrected chi connectivity index (χ1v) is 24.0. The average Bonchev–Trinajstić information content (AvgIpc) is 4.06. The third-order valence-corrected chi connectivity index (χ3v) is 15.0. The van der Waals surface area contributed by atoms with Crippen molar-refractivity contribution in [2.75, 3.05) is 0 Å². The van der Waals surface area contributed by atoms with E-state index in [0.717, 1.165) is 82.3 Å². The van der Waals surface area contributed by atoms with Gasteiger partial charge in [-0.25, -0.2) is 0 Å². The van der Waals surface area contributed by atoms with Crippen molar-refractivity contribution in [3.63, 3.8) is 0 Å². The van der Waals surface area contributed by atoms with Crippen molar-refractivity contribution in [3.8, 4) is 27.9 Å². The molecule has 15 aromatic rings. The Morgan fingerprint density at radius 2 is 0.971 bits per heavy atom. The number of aryl methyl sites for hydroxylation is 1. The van der Waals surface area contributed by atoms with Crippen LogP contribution in [0.25, 0.3) is 149 Å². The smallest absolute Gasteiger partial charge is 0.137 e. The Balaban J connectivity index is 0.937. The van der Waals surface area contributed by atoms with Crippen molar-refractivity contribution in [1.82, 2.24) is 4.57 Å². The molecule has 326 valence electrons. The molecule has 0 N–H and O–H groups in total. The highest BCUT2D eigenvalue weighted by Gasteiger charge is 2.23. The molecular formula is C67H41NO2. The number of hydrogen-bond acceptors (Lipinski definition) is 2. The number of para-hydroxylation sites is 2. The third kappa shape index (κ3) is 5.52. The SMILES string of the molecule is C=c1/c(=C\c2c(C)oc3cc(-c4c5ccccc5c(-c5ccc6c(c5)c5ccc7oc8ccccc8c7c5n6-c5ccccc5)c5ccccc45)ccc23)c2cc3ccccc3cc2c2ccccc12. The van der Waals surface area contributed by atoms with E-state index in [0.29, 0.717) is 0 Å². The number of benzene rings is 12. The van der Waals surface area contributed by atoms with Crippen LogP contribution in [-0.2, 0) is 0 Å². The standard InChI is InChI=1S/C67H41NO2/c1-39-46-20-8-9-21-47(46)57-34-41-16-6-7-17-42(41)35-58(57)55(39)38-56-40(2)69-63-37-44(28-30-48(56)63)65-51-24-12-10-22-49(51)64(50-23-11-13-25-52(50)65)43-29-32-60-59(36-43)53-31-33-62-66(54-26-14-15-27-61(54)70-62)67(53)68(60)45-18-4-3-5-19-45/h3-38H,1H2,2H3/b55-38+. The summed E-state index contributed by atoms with van der Waals surface area (Å²) in [4.78, 5) is 0. The molecule has 0 amide bonds. The van der Waals surface area contributed by atoms with E-state index >= 15 is 0 Å². The van der Waals surface area contributed by atoms with Crippen LogP contribution in [0.5, 0.6) is 0 Å². The van der Waals surface area contributed by atoms with Gasteiger partial charge in [0.25, 0.3) is 0 Å². The van der Waals surface area contributed by atoms with E-state index in [9.17, 15) is 0 Å². The van der Waals surface area contributed by atoms with Crippen LogP contribution < -0.4 is 10.4 Å². The maximum atomic E-state index is 6.76. The fourth-order valence-corrected chi connectivity index (χ4v) is 11.9. The lowest BCUT2D eigenvalue weighted by Crippen LogP contribution is -2.25. The van der Waals surface area contributed by atoms with E-state index < -0.39 is 0 Å². The summed E-state index contributed by atoms with van der Waals surface area (Å²) in [5.41, 5.74) is 11.8. The molecule has 0 aliphatic heterocycles. The van der Waals surface area contributed by atoms with Gasteiger partial charge in [0, 0.05) is 32.8 Å². The zero-order valence-electron chi connectivity index (χ0n) is 38.3. The lowest BCUT2D eigenvalue weighted by Gasteiger charge is -2.18. The van der Waals surface area contributed by atoms with Crippen LogP contribution in [-0.4, -0.2) is 4.57 Å². The van der Waals surface area contributed by atoms with Crippen LogP contribution in [0, 0.1) is 6.92 Å². The van der Waals surface area contributed by atoms with E-state index in [-0.39, 0.29) is 0 Å². The van der Waals surface area contributed by atoms with Gasteiger partial charge < -0.3 is 13.4 Å². The molecule has 0 unspecified atom stereocenters. The third-order valence-electron chi connectivity index (χ3n) is 15.0. The second-order valence-corrected chi connectivity index (χ2v) is 18.8. The van der Waals surface area contributed by atoms with E-state index in [1.54, 1.807) is 0 Å². The van der Waals surface area contributed by atoms with Gasteiger partial charge in [-0.15, -0.1) is 0 Å². The van der Waals surface area contributed by atoms with Gasteiger partial charge in [0.1, 0.15) is 22.5 Å². The van der Waals surface area contributed by atoms with Crippen LogP contribution in [0.3, 0.4) is 0 Å². The number of nitrogens with zero attached hydrogens (tertiary/aromatic N) is 1. The molecule has 0 spiro atoms. The second-order valence-electron chi connectivity index (χ2n) is 18.8. The summed E-state index contributed by atoms with van der Waals surface area (Å²) >= 11 is 0. The molecule has 0 aliphatic carbocycles. The molecule has 3 aromatic heterocycles. The Hall–Kier alpha value is -9.18. The number of hydrogen-bond donors (Lipinski definition) is 0. The van der Waals surface area contributed by atoms with Crippen molar-refractivity contribution >= 4 is 121 Å². The van der Waals surface area contributed by atoms with Gasteiger partial charge in [-0.05, 0) is 166 Å². The lowest BCUT2D eigenvalue weighted by molar-refractivity contribution is 0.577. The number of rotatable bonds is 4. The molecule has 0 atom stereocenters. The maximum Gasteiger partial charge on any atom is 0.137 e. The molecule has 0 fully saturated rings. The first kappa shape index (κ1) is 38.9. The molecule has 3 nitrogen and oxygen atoms in total. The summed E-state index contributed by atoms with van der Waals surface area (Å²) < 4.78 is 15.6. The summed E-state index contributed by atoms with van der Waals surface area (Å²) in [7, 11) is 0. The summed E-state index contributed by atoms with van der Waals surface area (Å²) in [5.74, 6) is 0.879. The highest BCUT2D eigenvalue weighted by Crippen LogP contribution is 2.47. The minimum Gasteiger partial charge on any atom is -0.461 e. The van der Waals surface area contributed by atoms with Gasteiger partial charge in [-0.3, -0.25) is 0 Å². The summed E-state index contributed by atoms with van der Waals surface area (Å²) in [6.07, 6.45) is 2.31. The minimum atomic E-state index is 0.861. The lowest BCUT2D eigenvalue weighted by atomic mass is 9.85. The molecule has 0 saturated carbocycles. The topological polar surface area (TPSA) is 31.2 Å². The Morgan fingerprint density at radius 1 is 0.400 bits per heavy atom. The van der Waals surface area contributed by atoms with Crippen LogP contribution in [0.4, 0.5) is 0 Å². The van der Waals surface area contributed by atoms with Crippen molar-refractivity contribution in [1.29, 1.82) is 0 Å². The zero-order valence-corrected chi connectivity index (χ0v) is 38.3. The first-order chi connectivity index (χ1) is 34.6. The fourth-order valence-electron chi connectivity index (χ4n) is 11.9. The van der Waals surface area contributed by atoms with Gasteiger partial charge in [0.2, 0.25) is 0 Å². The Morgan fingerprint density at radius 3 is 1.69 bits per heavy atom. The normalized spacial score (nSPS) is 12.5. The monoisotopic (exact) mass is 891 g/mol. The number of aromatic nitrogens is 1. The van der Waals surface area contributed by atoms with E-state index in [2.05, 4.69) is 224 Å². The number of furan rings is 2.